The fourth-order valence-electron chi connectivity index (χ4n) is 0.741. The Morgan fingerprint density at radius 3 is 2.38 bits per heavy atom. The van der Waals surface area contributed by atoms with Crippen molar-refractivity contribution in [3.63, 3.8) is 0 Å². The third-order valence-corrected chi connectivity index (χ3v) is 1.97. The highest BCUT2D eigenvalue weighted by Crippen LogP contribution is 2.30. The maximum Gasteiger partial charge on any atom is 0.338 e. The fraction of sp³-hybridized carbons (Fsp3) is 0. The minimum absolute atomic E-state index is 0.205. The van der Waals surface area contributed by atoms with Crippen LogP contribution >= 0.6 is 15.9 Å². The Hall–Kier alpha value is -1.17. The Kier molecular flexibility index (Phi) is 2.51. The molecule has 70 valence electrons. The molecule has 2 N–H and O–H groups in total. The zero-order chi connectivity index (χ0) is 10.2. The Morgan fingerprint density at radius 1 is 1.38 bits per heavy atom. The zero-order valence-corrected chi connectivity index (χ0v) is 7.60. The Bertz CT molecular complexity index is 378. The summed E-state index contributed by atoms with van der Waals surface area (Å²) in [7, 11) is 0. The molecule has 0 saturated carbocycles. The van der Waals surface area contributed by atoms with Crippen LogP contribution in [0.5, 0.6) is 5.75 Å². The van der Waals surface area contributed by atoms with Crippen molar-refractivity contribution >= 4 is 21.9 Å². The number of hydrogen-bond donors (Lipinski definition) is 2. The van der Waals surface area contributed by atoms with E-state index in [1.165, 1.54) is 0 Å². The van der Waals surface area contributed by atoms with Crippen molar-refractivity contribution in [3.05, 3.63) is 27.7 Å². The zero-order valence-electron chi connectivity index (χ0n) is 6.01. The van der Waals surface area contributed by atoms with Gasteiger partial charge >= 0.3 is 5.97 Å². The molecule has 0 amide bonds. The van der Waals surface area contributed by atoms with Gasteiger partial charge in [0.25, 0.3) is 0 Å². The molecular formula is C7H3BrF2O3. The molecule has 3 nitrogen and oxygen atoms in total. The molecule has 1 rings (SSSR count). The molecule has 0 saturated heterocycles. The second-order valence-electron chi connectivity index (χ2n) is 2.19. The number of hydrogen-bond acceptors (Lipinski definition) is 2. The third kappa shape index (κ3) is 1.62. The van der Waals surface area contributed by atoms with Gasteiger partial charge in [-0.15, -0.1) is 0 Å². The predicted molar refractivity (Wildman–Crippen MR) is 42.7 cm³/mol. The number of aromatic carboxylic acids is 1. The molecule has 0 aromatic heterocycles. The summed E-state index contributed by atoms with van der Waals surface area (Å²) in [4.78, 5) is 10.3. The van der Waals surface area contributed by atoms with E-state index in [1.54, 1.807) is 0 Å². The molecule has 0 aliphatic carbocycles. The first-order chi connectivity index (χ1) is 5.95. The smallest absolute Gasteiger partial charge is 0.338 e. The molecule has 0 spiro atoms. The van der Waals surface area contributed by atoms with Crippen molar-refractivity contribution in [1.82, 2.24) is 0 Å². The summed E-state index contributed by atoms with van der Waals surface area (Å²) >= 11 is 2.68. The van der Waals surface area contributed by atoms with E-state index >= 15 is 0 Å². The molecule has 0 radical (unpaired) electrons. The number of benzene rings is 1. The van der Waals surface area contributed by atoms with Crippen molar-refractivity contribution in [2.45, 2.75) is 0 Å². The number of phenols is 1. The van der Waals surface area contributed by atoms with E-state index in [2.05, 4.69) is 15.9 Å². The van der Waals surface area contributed by atoms with Crippen LogP contribution in [0.25, 0.3) is 0 Å². The lowest BCUT2D eigenvalue weighted by atomic mass is 10.2. The van der Waals surface area contributed by atoms with Crippen LogP contribution in [0.3, 0.4) is 0 Å². The highest BCUT2D eigenvalue weighted by Gasteiger charge is 2.20. The third-order valence-electron chi connectivity index (χ3n) is 1.36. The maximum atomic E-state index is 12.8. The van der Waals surface area contributed by atoms with E-state index in [0.29, 0.717) is 0 Å². The largest absolute Gasteiger partial charge is 0.504 e. The quantitative estimate of drug-likeness (QED) is 0.753. The van der Waals surface area contributed by atoms with Crippen LogP contribution in [0.1, 0.15) is 10.4 Å². The van der Waals surface area contributed by atoms with E-state index < -0.39 is 28.9 Å². The lowest BCUT2D eigenvalue weighted by Gasteiger charge is -2.02. The van der Waals surface area contributed by atoms with Crippen LogP contribution in [0.2, 0.25) is 0 Å². The van der Waals surface area contributed by atoms with Gasteiger partial charge in [-0.1, -0.05) is 0 Å². The lowest BCUT2D eigenvalue weighted by molar-refractivity contribution is 0.0690. The molecule has 1 aromatic rings. The molecule has 0 atom stereocenters. The summed E-state index contributed by atoms with van der Waals surface area (Å²) in [6.45, 7) is 0. The summed E-state index contributed by atoms with van der Waals surface area (Å²) in [5.41, 5.74) is -0.831. The van der Waals surface area contributed by atoms with Crippen LogP contribution in [0.4, 0.5) is 8.78 Å². The van der Waals surface area contributed by atoms with Crippen molar-refractivity contribution in [1.29, 1.82) is 0 Å². The van der Waals surface area contributed by atoms with Gasteiger partial charge in [0.1, 0.15) is 0 Å². The topological polar surface area (TPSA) is 57.5 Å². The molecule has 0 bridgehead atoms. The average Bonchev–Trinajstić information content (AvgIpc) is 2.07. The van der Waals surface area contributed by atoms with Crippen molar-refractivity contribution in [3.8, 4) is 5.75 Å². The first-order valence-electron chi connectivity index (χ1n) is 3.05. The normalized spacial score (nSPS) is 10.1. The van der Waals surface area contributed by atoms with E-state index in [4.69, 9.17) is 10.2 Å². The van der Waals surface area contributed by atoms with Gasteiger partial charge in [-0.3, -0.25) is 0 Å². The van der Waals surface area contributed by atoms with E-state index in [-0.39, 0.29) is 4.47 Å². The van der Waals surface area contributed by atoms with E-state index in [1.807, 2.05) is 0 Å². The second-order valence-corrected chi connectivity index (χ2v) is 3.04. The molecule has 0 aliphatic heterocycles. The van der Waals surface area contributed by atoms with Crippen LogP contribution in [0, 0.1) is 11.6 Å². The molecule has 0 heterocycles. The Morgan fingerprint density at radius 2 is 1.92 bits per heavy atom. The molecule has 1 aromatic carbocycles. The summed E-state index contributed by atoms with van der Waals surface area (Å²) in [6, 6.07) is 0.788. The van der Waals surface area contributed by atoms with Gasteiger partial charge in [-0.05, 0) is 22.0 Å². The Balaban J connectivity index is 3.50. The number of carbonyl (C=O) groups is 1. The van der Waals surface area contributed by atoms with Crippen LogP contribution in [0.15, 0.2) is 10.5 Å². The summed E-state index contributed by atoms with van der Waals surface area (Å²) in [5.74, 6) is -5.69. The van der Waals surface area contributed by atoms with Gasteiger partial charge in [0.2, 0.25) is 5.82 Å². The SMILES string of the molecule is O=C(O)c1cc(Br)c(O)c(F)c1F. The fourth-order valence-corrected chi connectivity index (χ4v) is 1.14. The van der Waals surface area contributed by atoms with Crippen LogP contribution < -0.4 is 0 Å². The van der Waals surface area contributed by atoms with Gasteiger partial charge < -0.3 is 10.2 Å². The molecule has 6 heteroatoms. The molecule has 0 fully saturated rings. The van der Waals surface area contributed by atoms with Crippen molar-refractivity contribution in [2.75, 3.05) is 0 Å². The summed E-state index contributed by atoms with van der Waals surface area (Å²) in [6.07, 6.45) is 0. The minimum atomic E-state index is -1.60. The molecule has 0 aliphatic rings. The molecule has 0 unspecified atom stereocenters. The highest BCUT2D eigenvalue weighted by atomic mass is 79.9. The van der Waals surface area contributed by atoms with Gasteiger partial charge in [0.05, 0.1) is 10.0 Å². The minimum Gasteiger partial charge on any atom is -0.504 e. The number of rotatable bonds is 1. The van der Waals surface area contributed by atoms with Gasteiger partial charge in [0.15, 0.2) is 11.6 Å². The second kappa shape index (κ2) is 3.29. The van der Waals surface area contributed by atoms with E-state index in [9.17, 15) is 13.6 Å². The monoisotopic (exact) mass is 252 g/mol. The van der Waals surface area contributed by atoms with Gasteiger partial charge in [0, 0.05) is 0 Å². The molecular weight excluding hydrogens is 250 g/mol. The van der Waals surface area contributed by atoms with E-state index in [0.717, 1.165) is 6.07 Å². The lowest BCUT2D eigenvalue weighted by Crippen LogP contribution is -2.03. The predicted octanol–water partition coefficient (Wildman–Crippen LogP) is 2.13. The van der Waals surface area contributed by atoms with Crippen molar-refractivity contribution in [2.24, 2.45) is 0 Å². The summed E-state index contributed by atoms with van der Waals surface area (Å²) in [5, 5.41) is 17.2. The van der Waals surface area contributed by atoms with Crippen LogP contribution in [-0.4, -0.2) is 16.2 Å². The Labute approximate surface area is 79.7 Å². The van der Waals surface area contributed by atoms with Crippen LogP contribution in [-0.2, 0) is 0 Å². The maximum absolute atomic E-state index is 12.8. The number of halogens is 3. The van der Waals surface area contributed by atoms with Gasteiger partial charge in [-0.2, -0.15) is 4.39 Å². The van der Waals surface area contributed by atoms with Crippen molar-refractivity contribution < 1.29 is 23.8 Å². The highest BCUT2D eigenvalue weighted by molar-refractivity contribution is 9.10. The molecule has 13 heavy (non-hydrogen) atoms. The van der Waals surface area contributed by atoms with Gasteiger partial charge in [-0.25, -0.2) is 9.18 Å². The number of phenolic OH excluding ortho intramolecular Hbond substituents is 1. The summed E-state index contributed by atoms with van der Waals surface area (Å²) < 4.78 is 25.2. The number of carboxylic acid groups (broad SMARTS) is 1. The standard InChI is InChI=1S/C7H3BrF2O3/c8-3-1-2(7(12)13)4(9)5(10)6(3)11/h1,11H,(H,12,13). The first kappa shape index (κ1) is 9.91. The number of aromatic hydroxyl groups is 1. The number of carboxylic acids is 1. The first-order valence-corrected chi connectivity index (χ1v) is 3.84. The average molecular weight is 253 g/mol.